The van der Waals surface area contributed by atoms with Gasteiger partial charge >= 0.3 is 0 Å². The van der Waals surface area contributed by atoms with Gasteiger partial charge in [-0.3, -0.25) is 0 Å². The fourth-order valence-corrected chi connectivity index (χ4v) is 7.11. The molecule has 0 spiro atoms. The number of hydrogen-bond acceptors (Lipinski definition) is 1. The van der Waals surface area contributed by atoms with Crippen LogP contribution >= 0.6 is 0 Å². The summed E-state index contributed by atoms with van der Waals surface area (Å²) in [6, 6.07) is 62.4. The van der Waals surface area contributed by atoms with Crippen LogP contribution in [0.25, 0.3) is 55.3 Å². The second-order valence-electron chi connectivity index (χ2n) is 13.1. The van der Waals surface area contributed by atoms with Crippen LogP contribution in [0.5, 0.6) is 0 Å². The van der Waals surface area contributed by atoms with Crippen LogP contribution in [0.1, 0.15) is 18.1 Å². The molecule has 0 unspecified atom stereocenters. The molecule has 52 heavy (non-hydrogen) atoms. The average Bonchev–Trinajstić information content (AvgIpc) is 3.53. The molecule has 0 bridgehead atoms. The molecule has 0 aliphatic carbocycles. The first-order chi connectivity index (χ1) is 25.6. The number of allylic oxidation sites excluding steroid dienone is 4. The van der Waals surface area contributed by atoms with E-state index in [9.17, 15) is 0 Å². The minimum absolute atomic E-state index is 0.839. The average molecular weight is 667 g/mol. The zero-order chi connectivity index (χ0) is 35.4. The summed E-state index contributed by atoms with van der Waals surface area (Å²) >= 11 is 0. The van der Waals surface area contributed by atoms with Crippen molar-refractivity contribution in [2.75, 3.05) is 4.90 Å². The predicted molar refractivity (Wildman–Crippen MR) is 223 cm³/mol. The van der Waals surface area contributed by atoms with Crippen molar-refractivity contribution in [3.8, 4) is 34.6 Å². The number of nitrogens with zero attached hydrogens (tertiary/aromatic N) is 2. The third-order valence-electron chi connectivity index (χ3n) is 9.71. The maximum absolute atomic E-state index is 6.11. The van der Waals surface area contributed by atoms with Crippen LogP contribution in [0.4, 0.5) is 17.1 Å². The number of aryl methyl sites for hydroxylation is 1. The van der Waals surface area contributed by atoms with E-state index in [1.807, 2.05) is 0 Å². The van der Waals surface area contributed by atoms with Crippen molar-refractivity contribution in [3.05, 3.63) is 199 Å². The molecule has 0 radical (unpaired) electrons. The van der Waals surface area contributed by atoms with Crippen LogP contribution in [-0.2, 0) is 0 Å². The highest BCUT2D eigenvalue weighted by molar-refractivity contribution is 6.11. The molecule has 0 aliphatic heterocycles. The normalized spacial score (nSPS) is 11.9. The van der Waals surface area contributed by atoms with Gasteiger partial charge < -0.3 is 9.47 Å². The lowest BCUT2D eigenvalue weighted by Crippen LogP contribution is -2.10. The topological polar surface area (TPSA) is 8.17 Å². The molecule has 0 atom stereocenters. The van der Waals surface area contributed by atoms with Crippen LogP contribution in [-0.4, -0.2) is 4.57 Å². The van der Waals surface area contributed by atoms with E-state index in [0.29, 0.717) is 0 Å². The van der Waals surface area contributed by atoms with Crippen molar-refractivity contribution in [1.82, 2.24) is 4.57 Å². The SMILES string of the molecule is C#C/C(=C\C=C(/C)n1c2ccccc2c2ccc(N(c3ccccc3)c3ccc(-c4ccccc4)cc3)cc21)c1ccc(-c2cccc(C)c2)cc1. The molecule has 1 heterocycles. The van der Waals surface area contributed by atoms with Crippen molar-refractivity contribution < 1.29 is 0 Å². The van der Waals surface area contributed by atoms with Crippen LogP contribution in [0.2, 0.25) is 0 Å². The first-order valence-corrected chi connectivity index (χ1v) is 17.6. The molecule has 8 rings (SSSR count). The van der Waals surface area contributed by atoms with E-state index < -0.39 is 0 Å². The van der Waals surface area contributed by atoms with Gasteiger partial charge in [0.15, 0.2) is 0 Å². The number of rotatable bonds is 8. The Balaban J connectivity index is 1.20. The quantitative estimate of drug-likeness (QED) is 0.116. The summed E-state index contributed by atoms with van der Waals surface area (Å²) in [7, 11) is 0. The maximum atomic E-state index is 6.11. The molecule has 0 aliphatic rings. The van der Waals surface area contributed by atoms with Gasteiger partial charge in [0.05, 0.1) is 11.0 Å². The molecule has 0 fully saturated rings. The predicted octanol–water partition coefficient (Wildman–Crippen LogP) is 13.5. The standard InChI is InChI=1S/C50H38N2/c1-4-38(40-24-26-42(27-25-40)43-17-13-14-36(2)34-43)23-22-37(3)51-49-21-12-11-20-47(49)48-33-32-46(35-50(48)51)52(44-18-9-6-10-19-44)45-30-28-41(29-31-45)39-15-7-5-8-16-39/h1,5-35H,2-3H3/b37-22+,38-23+. The van der Waals surface area contributed by atoms with Gasteiger partial charge in [-0.25, -0.2) is 0 Å². The van der Waals surface area contributed by atoms with Gasteiger partial charge in [0.2, 0.25) is 0 Å². The molecule has 248 valence electrons. The first kappa shape index (κ1) is 32.4. The summed E-state index contributed by atoms with van der Waals surface area (Å²) in [4.78, 5) is 2.33. The zero-order valence-corrected chi connectivity index (χ0v) is 29.4. The number of terminal acetylenes is 1. The van der Waals surface area contributed by atoms with E-state index in [1.54, 1.807) is 0 Å². The van der Waals surface area contributed by atoms with Gasteiger partial charge in [0.25, 0.3) is 0 Å². The fraction of sp³-hybridized carbons (Fsp3) is 0.0400. The molecule has 0 saturated carbocycles. The molecule has 1 aromatic heterocycles. The largest absolute Gasteiger partial charge is 0.313 e. The third-order valence-corrected chi connectivity index (χ3v) is 9.71. The maximum Gasteiger partial charge on any atom is 0.0558 e. The fourth-order valence-electron chi connectivity index (χ4n) is 7.11. The van der Waals surface area contributed by atoms with Crippen LogP contribution in [0, 0.1) is 19.3 Å². The Morgan fingerprint density at radius 1 is 0.519 bits per heavy atom. The van der Waals surface area contributed by atoms with E-state index in [-0.39, 0.29) is 0 Å². The molecular weight excluding hydrogens is 629 g/mol. The summed E-state index contributed by atoms with van der Waals surface area (Å²) in [6.45, 7) is 4.27. The zero-order valence-electron chi connectivity index (χ0n) is 29.4. The van der Waals surface area contributed by atoms with Crippen molar-refractivity contribution in [1.29, 1.82) is 0 Å². The van der Waals surface area contributed by atoms with Crippen molar-refractivity contribution in [3.63, 3.8) is 0 Å². The number of para-hydroxylation sites is 2. The summed E-state index contributed by atoms with van der Waals surface area (Å²) in [6.07, 6.45) is 10.3. The Hall–Kier alpha value is -6.82. The minimum Gasteiger partial charge on any atom is -0.313 e. The highest BCUT2D eigenvalue weighted by atomic mass is 15.1. The Bertz CT molecular complexity index is 2620. The lowest BCUT2D eigenvalue weighted by molar-refractivity contribution is 1.20. The van der Waals surface area contributed by atoms with E-state index >= 15 is 0 Å². The van der Waals surface area contributed by atoms with E-state index in [4.69, 9.17) is 6.42 Å². The molecule has 2 nitrogen and oxygen atoms in total. The highest BCUT2D eigenvalue weighted by Gasteiger charge is 2.17. The van der Waals surface area contributed by atoms with Gasteiger partial charge in [-0.05, 0) is 96.3 Å². The Morgan fingerprint density at radius 2 is 1.10 bits per heavy atom. The number of anilines is 3. The van der Waals surface area contributed by atoms with Crippen molar-refractivity contribution >= 4 is 50.1 Å². The summed E-state index contributed by atoms with van der Waals surface area (Å²) < 4.78 is 2.35. The molecule has 0 amide bonds. The second-order valence-corrected chi connectivity index (χ2v) is 13.1. The number of aromatic nitrogens is 1. The summed E-state index contributed by atoms with van der Waals surface area (Å²) in [5.74, 6) is 2.94. The molecule has 0 N–H and O–H groups in total. The van der Waals surface area contributed by atoms with E-state index in [1.165, 1.54) is 38.6 Å². The molecular formula is C50H38N2. The summed E-state index contributed by atoms with van der Waals surface area (Å²) in [5, 5.41) is 2.41. The minimum atomic E-state index is 0.839. The lowest BCUT2D eigenvalue weighted by Gasteiger charge is -2.26. The van der Waals surface area contributed by atoms with E-state index in [0.717, 1.165) is 44.9 Å². The number of hydrogen-bond donors (Lipinski definition) is 0. The van der Waals surface area contributed by atoms with Gasteiger partial charge in [0, 0.05) is 39.1 Å². The van der Waals surface area contributed by atoms with Gasteiger partial charge in [-0.1, -0.05) is 145 Å². The van der Waals surface area contributed by atoms with Gasteiger partial charge in [-0.15, -0.1) is 6.42 Å². The lowest BCUT2D eigenvalue weighted by atomic mass is 9.99. The van der Waals surface area contributed by atoms with Gasteiger partial charge in [-0.2, -0.15) is 0 Å². The monoisotopic (exact) mass is 666 g/mol. The molecule has 8 aromatic rings. The molecule has 2 heteroatoms. The highest BCUT2D eigenvalue weighted by Crippen LogP contribution is 2.40. The van der Waals surface area contributed by atoms with Gasteiger partial charge in [0.1, 0.15) is 0 Å². The molecule has 7 aromatic carbocycles. The van der Waals surface area contributed by atoms with Crippen molar-refractivity contribution in [2.24, 2.45) is 0 Å². The number of fused-ring (bicyclic) bond motifs is 3. The second kappa shape index (κ2) is 14.2. The van der Waals surface area contributed by atoms with E-state index in [2.05, 4.69) is 217 Å². The first-order valence-electron chi connectivity index (χ1n) is 17.6. The smallest absolute Gasteiger partial charge is 0.0558 e. The van der Waals surface area contributed by atoms with Crippen LogP contribution in [0.15, 0.2) is 188 Å². The Labute approximate surface area is 306 Å². The van der Waals surface area contributed by atoms with Crippen LogP contribution in [0.3, 0.4) is 0 Å². The Kier molecular flexibility index (Phi) is 8.84. The van der Waals surface area contributed by atoms with Crippen LogP contribution < -0.4 is 4.90 Å². The molecule has 0 saturated heterocycles. The van der Waals surface area contributed by atoms with Crippen molar-refractivity contribution in [2.45, 2.75) is 13.8 Å². The third kappa shape index (κ3) is 6.33. The summed E-state index contributed by atoms with van der Waals surface area (Å²) in [5.41, 5.74) is 14.5. The number of benzene rings is 7. The Morgan fingerprint density at radius 3 is 1.83 bits per heavy atom.